The van der Waals surface area contributed by atoms with Crippen molar-refractivity contribution in [2.75, 3.05) is 5.32 Å². The molecule has 158 valence electrons. The van der Waals surface area contributed by atoms with Crippen molar-refractivity contribution in [3.8, 4) is 11.3 Å². The monoisotopic (exact) mass is 477 g/mol. The van der Waals surface area contributed by atoms with Crippen LogP contribution < -0.4 is 5.32 Å². The fourth-order valence-corrected chi connectivity index (χ4v) is 5.25. The number of nitrogens with one attached hydrogen (secondary N) is 1. The predicted molar refractivity (Wildman–Crippen MR) is 134 cm³/mol. The lowest BCUT2D eigenvalue weighted by molar-refractivity contribution is 0.102. The van der Waals surface area contributed by atoms with Gasteiger partial charge in [-0.15, -0.1) is 0 Å². The SMILES string of the molecule is Cc1ccc2nc(NC(=O)c3c(C)c(-c4ccc(Cl)cc4Cl)nc4ccccc34)sc2c1. The maximum atomic E-state index is 13.5. The Hall–Kier alpha value is -2.99. The van der Waals surface area contributed by atoms with Crippen LogP contribution in [0.2, 0.25) is 10.0 Å². The second-order valence-corrected chi connectivity index (χ2v) is 9.42. The number of fused-ring (bicyclic) bond motifs is 2. The van der Waals surface area contributed by atoms with E-state index in [0.29, 0.717) is 32.0 Å². The van der Waals surface area contributed by atoms with Crippen LogP contribution in [0, 0.1) is 13.8 Å². The number of rotatable bonds is 3. The Balaban J connectivity index is 1.64. The van der Waals surface area contributed by atoms with Gasteiger partial charge in [0.15, 0.2) is 5.13 Å². The number of anilines is 1. The topological polar surface area (TPSA) is 54.9 Å². The molecule has 1 N–H and O–H groups in total. The molecule has 2 aromatic heterocycles. The van der Waals surface area contributed by atoms with E-state index in [2.05, 4.69) is 16.4 Å². The van der Waals surface area contributed by atoms with Gasteiger partial charge in [-0.1, -0.05) is 58.8 Å². The zero-order chi connectivity index (χ0) is 22.4. The van der Waals surface area contributed by atoms with Crippen LogP contribution in [0.15, 0.2) is 60.7 Å². The summed E-state index contributed by atoms with van der Waals surface area (Å²) in [5.74, 6) is -0.233. The van der Waals surface area contributed by atoms with Crippen LogP contribution in [0.4, 0.5) is 5.13 Å². The smallest absolute Gasteiger partial charge is 0.258 e. The number of halogens is 2. The Kier molecular flexibility index (Phi) is 5.33. The number of benzene rings is 3. The fourth-order valence-electron chi connectivity index (χ4n) is 3.79. The molecular formula is C25H17Cl2N3OS. The first-order chi connectivity index (χ1) is 15.4. The number of para-hydroxylation sites is 1. The zero-order valence-electron chi connectivity index (χ0n) is 17.2. The highest BCUT2D eigenvalue weighted by Gasteiger charge is 2.21. The first-order valence-corrected chi connectivity index (χ1v) is 11.5. The molecule has 0 saturated carbocycles. The van der Waals surface area contributed by atoms with E-state index in [0.717, 1.165) is 32.3 Å². The van der Waals surface area contributed by atoms with E-state index in [1.54, 1.807) is 12.1 Å². The molecule has 3 aromatic carbocycles. The quantitative estimate of drug-likeness (QED) is 0.289. The Morgan fingerprint density at radius 1 is 0.938 bits per heavy atom. The van der Waals surface area contributed by atoms with E-state index >= 15 is 0 Å². The predicted octanol–water partition coefficient (Wildman–Crippen LogP) is 7.69. The highest BCUT2D eigenvalue weighted by atomic mass is 35.5. The lowest BCUT2D eigenvalue weighted by Gasteiger charge is -2.15. The second kappa shape index (κ2) is 8.17. The molecule has 7 heteroatoms. The molecule has 0 aliphatic heterocycles. The summed E-state index contributed by atoms with van der Waals surface area (Å²) in [5, 5.41) is 5.34. The van der Waals surface area contributed by atoms with E-state index in [1.807, 2.05) is 56.3 Å². The standard InChI is InChI=1S/C25H17Cl2N3OS/c1-13-7-10-20-21(11-13)32-25(29-20)30-24(31)22-14(2)23(16-9-8-15(26)12-18(16)27)28-19-6-4-3-5-17(19)22/h3-12H,1-2H3,(H,29,30,31). The number of hydrogen-bond donors (Lipinski definition) is 1. The molecule has 0 spiro atoms. The summed E-state index contributed by atoms with van der Waals surface area (Å²) in [6.07, 6.45) is 0. The van der Waals surface area contributed by atoms with Crippen LogP contribution in [0.3, 0.4) is 0 Å². The number of pyridine rings is 1. The van der Waals surface area contributed by atoms with Crippen LogP contribution in [-0.2, 0) is 0 Å². The maximum Gasteiger partial charge on any atom is 0.258 e. The lowest BCUT2D eigenvalue weighted by Crippen LogP contribution is -2.15. The summed E-state index contributed by atoms with van der Waals surface area (Å²) >= 11 is 14.0. The van der Waals surface area contributed by atoms with Gasteiger partial charge in [-0.05, 0) is 61.4 Å². The fraction of sp³-hybridized carbons (Fsp3) is 0.0800. The average molecular weight is 478 g/mol. The molecule has 5 rings (SSSR count). The average Bonchev–Trinajstić information content (AvgIpc) is 3.14. The Bertz CT molecular complexity index is 1530. The molecule has 0 saturated heterocycles. The van der Waals surface area contributed by atoms with Gasteiger partial charge in [0, 0.05) is 16.0 Å². The number of aromatic nitrogens is 2. The van der Waals surface area contributed by atoms with Gasteiger partial charge < -0.3 is 0 Å². The maximum absolute atomic E-state index is 13.5. The van der Waals surface area contributed by atoms with Crippen molar-refractivity contribution in [2.45, 2.75) is 13.8 Å². The van der Waals surface area contributed by atoms with Crippen LogP contribution in [0.1, 0.15) is 21.5 Å². The van der Waals surface area contributed by atoms with Crippen LogP contribution in [0.25, 0.3) is 32.4 Å². The number of thiazole rings is 1. The number of aryl methyl sites for hydroxylation is 1. The third kappa shape index (κ3) is 3.73. The van der Waals surface area contributed by atoms with Gasteiger partial charge in [-0.2, -0.15) is 0 Å². The van der Waals surface area contributed by atoms with Crippen molar-refractivity contribution in [1.29, 1.82) is 0 Å². The van der Waals surface area contributed by atoms with Crippen LogP contribution in [0.5, 0.6) is 0 Å². The molecule has 0 fully saturated rings. The number of carbonyl (C=O) groups excluding carboxylic acids is 1. The summed E-state index contributed by atoms with van der Waals surface area (Å²) in [5.41, 5.74) is 5.39. The Morgan fingerprint density at radius 3 is 2.56 bits per heavy atom. The molecule has 0 radical (unpaired) electrons. The lowest BCUT2D eigenvalue weighted by atomic mass is 9.97. The second-order valence-electron chi connectivity index (χ2n) is 7.55. The molecule has 1 amide bonds. The summed E-state index contributed by atoms with van der Waals surface area (Å²) in [6.45, 7) is 3.92. The molecule has 0 aliphatic rings. The first kappa shape index (κ1) is 20.9. The van der Waals surface area contributed by atoms with Crippen LogP contribution in [-0.4, -0.2) is 15.9 Å². The minimum atomic E-state index is -0.233. The Morgan fingerprint density at radius 2 is 1.75 bits per heavy atom. The largest absolute Gasteiger partial charge is 0.298 e. The van der Waals surface area contributed by atoms with E-state index in [-0.39, 0.29) is 5.91 Å². The molecule has 0 bridgehead atoms. The van der Waals surface area contributed by atoms with Crippen molar-refractivity contribution in [3.63, 3.8) is 0 Å². The van der Waals surface area contributed by atoms with E-state index < -0.39 is 0 Å². The van der Waals surface area contributed by atoms with Gasteiger partial charge in [0.1, 0.15) is 0 Å². The number of amides is 1. The van der Waals surface area contributed by atoms with Gasteiger partial charge in [0.25, 0.3) is 5.91 Å². The summed E-state index contributed by atoms with van der Waals surface area (Å²) < 4.78 is 1.03. The Labute approximate surface area is 198 Å². The molecular weight excluding hydrogens is 461 g/mol. The van der Waals surface area contributed by atoms with E-state index in [9.17, 15) is 4.79 Å². The van der Waals surface area contributed by atoms with Crippen molar-refractivity contribution < 1.29 is 4.79 Å². The molecule has 0 unspecified atom stereocenters. The van der Waals surface area contributed by atoms with Gasteiger partial charge in [-0.3, -0.25) is 10.1 Å². The summed E-state index contributed by atoms with van der Waals surface area (Å²) in [4.78, 5) is 22.9. The van der Waals surface area contributed by atoms with Gasteiger partial charge in [-0.25, -0.2) is 9.97 Å². The van der Waals surface area contributed by atoms with Crippen molar-refractivity contribution >= 4 is 66.7 Å². The van der Waals surface area contributed by atoms with Gasteiger partial charge in [0.05, 0.1) is 32.0 Å². The van der Waals surface area contributed by atoms with Gasteiger partial charge >= 0.3 is 0 Å². The van der Waals surface area contributed by atoms with Crippen molar-refractivity contribution in [2.24, 2.45) is 0 Å². The zero-order valence-corrected chi connectivity index (χ0v) is 19.6. The number of nitrogens with zero attached hydrogens (tertiary/aromatic N) is 2. The molecule has 2 heterocycles. The first-order valence-electron chi connectivity index (χ1n) is 9.94. The molecule has 4 nitrogen and oxygen atoms in total. The third-order valence-corrected chi connectivity index (χ3v) is 6.79. The van der Waals surface area contributed by atoms with Crippen molar-refractivity contribution in [1.82, 2.24) is 9.97 Å². The minimum Gasteiger partial charge on any atom is -0.298 e. The molecule has 32 heavy (non-hydrogen) atoms. The van der Waals surface area contributed by atoms with Crippen LogP contribution >= 0.6 is 34.5 Å². The number of hydrogen-bond acceptors (Lipinski definition) is 4. The molecule has 0 atom stereocenters. The summed E-state index contributed by atoms with van der Waals surface area (Å²) in [7, 11) is 0. The van der Waals surface area contributed by atoms with Crippen molar-refractivity contribution in [3.05, 3.63) is 87.4 Å². The van der Waals surface area contributed by atoms with Gasteiger partial charge in [0.2, 0.25) is 0 Å². The molecule has 0 aliphatic carbocycles. The highest BCUT2D eigenvalue weighted by Crippen LogP contribution is 2.35. The highest BCUT2D eigenvalue weighted by molar-refractivity contribution is 7.22. The van der Waals surface area contributed by atoms with E-state index in [1.165, 1.54) is 11.3 Å². The minimum absolute atomic E-state index is 0.233. The normalized spacial score (nSPS) is 11.2. The number of carbonyl (C=O) groups is 1. The molecule has 5 aromatic rings. The third-order valence-electron chi connectivity index (χ3n) is 5.31. The summed E-state index contributed by atoms with van der Waals surface area (Å²) in [6, 6.07) is 18.9. The van der Waals surface area contributed by atoms with E-state index in [4.69, 9.17) is 28.2 Å².